The molecule has 0 fully saturated rings. The minimum Gasteiger partial charge on any atom is -0.0838 e. The molecule has 0 bridgehead atoms. The third kappa shape index (κ3) is 3.50. The van der Waals surface area contributed by atoms with Gasteiger partial charge in [0.1, 0.15) is 0 Å². The van der Waals surface area contributed by atoms with Crippen molar-refractivity contribution >= 4 is 14.1 Å². The van der Waals surface area contributed by atoms with Crippen molar-refractivity contribution < 1.29 is 0 Å². The predicted octanol–water partition coefficient (Wildman–Crippen LogP) is 4.43. The summed E-state index contributed by atoms with van der Waals surface area (Å²) >= 11 is 0. The van der Waals surface area contributed by atoms with Crippen molar-refractivity contribution in [1.29, 1.82) is 0 Å². The lowest BCUT2D eigenvalue weighted by Gasteiger charge is -2.21. The SMILES string of the molecule is CC(/C=C\c1ccccc1)[Si](C)(C)C. The minimum atomic E-state index is -1.00. The minimum absolute atomic E-state index is 0.739. The van der Waals surface area contributed by atoms with E-state index in [4.69, 9.17) is 0 Å². The highest BCUT2D eigenvalue weighted by atomic mass is 28.3. The highest BCUT2D eigenvalue weighted by molar-refractivity contribution is 6.77. The molecule has 0 aromatic heterocycles. The highest BCUT2D eigenvalue weighted by Crippen LogP contribution is 2.22. The van der Waals surface area contributed by atoms with Crippen LogP contribution in [0.25, 0.3) is 6.08 Å². The van der Waals surface area contributed by atoms with Gasteiger partial charge in [-0.05, 0) is 11.1 Å². The lowest BCUT2D eigenvalue weighted by Crippen LogP contribution is -2.24. The van der Waals surface area contributed by atoms with E-state index in [1.54, 1.807) is 0 Å². The molecular formula is C13H20Si. The third-order valence-electron chi connectivity index (χ3n) is 2.74. The van der Waals surface area contributed by atoms with E-state index in [-0.39, 0.29) is 0 Å². The Hall–Kier alpha value is -0.823. The number of hydrogen-bond acceptors (Lipinski definition) is 0. The molecule has 1 aromatic carbocycles. The fraction of sp³-hybridized carbons (Fsp3) is 0.385. The summed E-state index contributed by atoms with van der Waals surface area (Å²) in [6.07, 6.45) is 4.59. The van der Waals surface area contributed by atoms with Gasteiger partial charge in [-0.2, -0.15) is 0 Å². The van der Waals surface area contributed by atoms with Crippen LogP contribution in [0.2, 0.25) is 25.2 Å². The summed E-state index contributed by atoms with van der Waals surface area (Å²) < 4.78 is 0. The Morgan fingerprint density at radius 3 is 2.14 bits per heavy atom. The zero-order valence-electron chi connectivity index (χ0n) is 9.62. The average Bonchev–Trinajstić information content (AvgIpc) is 2.14. The molecule has 1 aromatic rings. The molecule has 0 saturated heterocycles. The topological polar surface area (TPSA) is 0 Å². The highest BCUT2D eigenvalue weighted by Gasteiger charge is 2.19. The van der Waals surface area contributed by atoms with Gasteiger partial charge >= 0.3 is 0 Å². The monoisotopic (exact) mass is 204 g/mol. The zero-order valence-corrected chi connectivity index (χ0v) is 10.6. The maximum atomic E-state index is 2.41. The van der Waals surface area contributed by atoms with E-state index in [0.717, 1.165) is 5.54 Å². The second-order valence-corrected chi connectivity index (χ2v) is 10.6. The standard InChI is InChI=1S/C13H20Si/c1-12(14(2,3)4)10-11-13-8-6-5-7-9-13/h5-12H,1-4H3/b11-10-. The molecule has 0 nitrogen and oxygen atoms in total. The molecule has 1 atom stereocenters. The van der Waals surface area contributed by atoms with Gasteiger partial charge in [-0.25, -0.2) is 0 Å². The maximum Gasteiger partial charge on any atom is 0.0510 e. The van der Waals surface area contributed by atoms with Crippen LogP contribution in [0.15, 0.2) is 36.4 Å². The van der Waals surface area contributed by atoms with Crippen molar-refractivity contribution in [3.8, 4) is 0 Å². The van der Waals surface area contributed by atoms with Gasteiger partial charge in [-0.3, -0.25) is 0 Å². The Kier molecular flexibility index (Phi) is 3.70. The summed E-state index contributed by atoms with van der Waals surface area (Å²) in [5.74, 6) is 0. The third-order valence-corrected chi connectivity index (χ3v) is 5.67. The lowest BCUT2D eigenvalue weighted by atomic mass is 10.2. The second kappa shape index (κ2) is 4.60. The predicted molar refractivity (Wildman–Crippen MR) is 68.2 cm³/mol. The summed E-state index contributed by atoms with van der Waals surface area (Å²) in [6, 6.07) is 10.5. The summed E-state index contributed by atoms with van der Waals surface area (Å²) in [7, 11) is -1.00. The average molecular weight is 204 g/mol. The second-order valence-electron chi connectivity index (χ2n) is 4.92. The molecule has 1 unspecified atom stereocenters. The first-order valence-corrected chi connectivity index (χ1v) is 8.81. The molecule has 0 spiro atoms. The first-order valence-electron chi connectivity index (χ1n) is 5.23. The van der Waals surface area contributed by atoms with Gasteiger partial charge in [0.2, 0.25) is 0 Å². The first-order chi connectivity index (χ1) is 6.50. The molecule has 0 amide bonds. The molecule has 0 aliphatic heterocycles. The van der Waals surface area contributed by atoms with Gasteiger partial charge in [-0.15, -0.1) is 0 Å². The van der Waals surface area contributed by atoms with Gasteiger partial charge in [0, 0.05) is 0 Å². The van der Waals surface area contributed by atoms with E-state index in [9.17, 15) is 0 Å². The molecule has 0 saturated carbocycles. The zero-order chi connectivity index (χ0) is 10.6. The van der Waals surface area contributed by atoms with Gasteiger partial charge in [0.25, 0.3) is 0 Å². The van der Waals surface area contributed by atoms with Crippen LogP contribution in [0.3, 0.4) is 0 Å². The van der Waals surface area contributed by atoms with Crippen LogP contribution < -0.4 is 0 Å². The van der Waals surface area contributed by atoms with Crippen LogP contribution in [0.5, 0.6) is 0 Å². The molecule has 0 aliphatic rings. The van der Waals surface area contributed by atoms with E-state index in [1.807, 2.05) is 0 Å². The van der Waals surface area contributed by atoms with Crippen LogP contribution in [0.4, 0.5) is 0 Å². The van der Waals surface area contributed by atoms with E-state index in [0.29, 0.717) is 0 Å². The Morgan fingerprint density at radius 1 is 1.07 bits per heavy atom. The van der Waals surface area contributed by atoms with Crippen molar-refractivity contribution in [3.05, 3.63) is 42.0 Å². The smallest absolute Gasteiger partial charge is 0.0510 e. The van der Waals surface area contributed by atoms with Crippen LogP contribution in [0, 0.1) is 0 Å². The normalized spacial score (nSPS) is 14.6. The Bertz CT molecular complexity index is 293. The van der Waals surface area contributed by atoms with E-state index in [1.165, 1.54) is 5.56 Å². The largest absolute Gasteiger partial charge is 0.0838 e. The molecule has 0 N–H and O–H groups in total. The summed E-state index contributed by atoms with van der Waals surface area (Å²) in [5.41, 5.74) is 2.04. The molecule has 1 heteroatoms. The van der Waals surface area contributed by atoms with Crippen molar-refractivity contribution in [2.75, 3.05) is 0 Å². The number of allylic oxidation sites excluding steroid dienone is 1. The van der Waals surface area contributed by atoms with E-state index in [2.05, 4.69) is 69.0 Å². The fourth-order valence-electron chi connectivity index (χ4n) is 1.11. The molecule has 0 heterocycles. The van der Waals surface area contributed by atoms with E-state index >= 15 is 0 Å². The lowest BCUT2D eigenvalue weighted by molar-refractivity contribution is 1.13. The fourth-order valence-corrected chi connectivity index (χ4v) is 1.78. The van der Waals surface area contributed by atoms with Crippen molar-refractivity contribution in [2.45, 2.75) is 32.1 Å². The molecular weight excluding hydrogens is 184 g/mol. The van der Waals surface area contributed by atoms with Crippen molar-refractivity contribution in [3.63, 3.8) is 0 Å². The number of benzene rings is 1. The van der Waals surface area contributed by atoms with Gasteiger partial charge < -0.3 is 0 Å². The Balaban J connectivity index is 2.66. The van der Waals surface area contributed by atoms with Gasteiger partial charge in [0.15, 0.2) is 0 Å². The summed E-state index contributed by atoms with van der Waals surface area (Å²) in [4.78, 5) is 0. The van der Waals surface area contributed by atoms with Crippen LogP contribution in [-0.2, 0) is 0 Å². The number of rotatable bonds is 3. The molecule has 1 rings (SSSR count). The van der Waals surface area contributed by atoms with Crippen LogP contribution >= 0.6 is 0 Å². The first kappa shape index (κ1) is 11.3. The van der Waals surface area contributed by atoms with Gasteiger partial charge in [0.05, 0.1) is 8.07 Å². The molecule has 0 aliphatic carbocycles. The molecule has 0 radical (unpaired) electrons. The Morgan fingerprint density at radius 2 is 1.64 bits per heavy atom. The quantitative estimate of drug-likeness (QED) is 0.639. The van der Waals surface area contributed by atoms with Crippen molar-refractivity contribution in [1.82, 2.24) is 0 Å². The summed E-state index contributed by atoms with van der Waals surface area (Å²) in [5, 5.41) is 0. The maximum absolute atomic E-state index is 2.41. The van der Waals surface area contributed by atoms with Gasteiger partial charge in [-0.1, -0.05) is 69.0 Å². The van der Waals surface area contributed by atoms with E-state index < -0.39 is 8.07 Å². The number of hydrogen-bond donors (Lipinski definition) is 0. The van der Waals surface area contributed by atoms with Crippen LogP contribution in [0.1, 0.15) is 12.5 Å². The van der Waals surface area contributed by atoms with Crippen LogP contribution in [-0.4, -0.2) is 8.07 Å². The molecule has 14 heavy (non-hydrogen) atoms. The van der Waals surface area contributed by atoms with Crippen molar-refractivity contribution in [2.24, 2.45) is 0 Å². The summed E-state index contributed by atoms with van der Waals surface area (Å²) in [6.45, 7) is 9.55. The molecule has 76 valence electrons. The Labute approximate surface area is 88.7 Å².